The maximum atomic E-state index is 10.3. The number of hydrogen-bond acceptors (Lipinski definition) is 7. The molecule has 0 unspecified atom stereocenters. The first kappa shape index (κ1) is 12.6. The summed E-state index contributed by atoms with van der Waals surface area (Å²) in [5.41, 5.74) is 0. The first-order valence-electron chi connectivity index (χ1n) is 4.13. The summed E-state index contributed by atoms with van der Waals surface area (Å²) in [4.78, 5) is 10.3. The van der Waals surface area contributed by atoms with Crippen LogP contribution in [0.4, 0.5) is 5.13 Å². The molecular weight excluding hydrogens is 254 g/mol. The number of rotatable bonds is 7. The van der Waals surface area contributed by atoms with Gasteiger partial charge in [0.25, 0.3) is 0 Å². The lowest BCUT2D eigenvalue weighted by Crippen LogP contribution is -2.02. The predicted octanol–water partition coefficient (Wildman–Crippen LogP) is 1.49. The highest BCUT2D eigenvalue weighted by Crippen LogP contribution is 2.24. The van der Waals surface area contributed by atoms with Crippen LogP contribution in [-0.2, 0) is 4.79 Å². The summed E-state index contributed by atoms with van der Waals surface area (Å²) in [5, 5.41) is 20.1. The minimum atomic E-state index is -0.841. The van der Waals surface area contributed by atoms with Crippen LogP contribution in [0.1, 0.15) is 0 Å². The summed E-state index contributed by atoms with van der Waals surface area (Å²) in [6.07, 6.45) is 2.04. The van der Waals surface area contributed by atoms with Crippen LogP contribution in [0.2, 0.25) is 0 Å². The largest absolute Gasteiger partial charge is 0.481 e. The molecule has 1 aromatic rings. The topological polar surface area (TPSA) is 75.1 Å². The molecule has 0 bridgehead atoms. The molecule has 15 heavy (non-hydrogen) atoms. The van der Waals surface area contributed by atoms with Crippen LogP contribution in [0.15, 0.2) is 4.34 Å². The molecule has 0 saturated heterocycles. The maximum Gasteiger partial charge on any atom is 0.313 e. The Hall–Kier alpha value is -0.470. The number of carboxylic acid groups (broad SMARTS) is 1. The third-order valence-electron chi connectivity index (χ3n) is 1.31. The number of aliphatic carboxylic acids is 1. The van der Waals surface area contributed by atoms with E-state index in [0.29, 0.717) is 4.34 Å². The van der Waals surface area contributed by atoms with Gasteiger partial charge in [0.15, 0.2) is 4.34 Å². The molecule has 1 rings (SSSR count). The monoisotopic (exact) mass is 265 g/mol. The van der Waals surface area contributed by atoms with Gasteiger partial charge in [0.1, 0.15) is 0 Å². The smallest absolute Gasteiger partial charge is 0.313 e. The van der Waals surface area contributed by atoms with Crippen LogP contribution in [0.3, 0.4) is 0 Å². The first-order valence-corrected chi connectivity index (χ1v) is 7.33. The number of carboxylic acids is 1. The van der Waals surface area contributed by atoms with Crippen LogP contribution in [0.5, 0.6) is 0 Å². The molecule has 0 aromatic carbocycles. The van der Waals surface area contributed by atoms with Gasteiger partial charge >= 0.3 is 5.97 Å². The highest BCUT2D eigenvalue weighted by Gasteiger charge is 2.06. The van der Waals surface area contributed by atoms with Gasteiger partial charge in [-0.2, -0.15) is 11.8 Å². The zero-order valence-corrected chi connectivity index (χ0v) is 10.5. The van der Waals surface area contributed by atoms with Crippen LogP contribution in [0, 0.1) is 0 Å². The van der Waals surface area contributed by atoms with Crippen molar-refractivity contribution in [3.8, 4) is 0 Å². The van der Waals surface area contributed by atoms with Gasteiger partial charge in [-0.3, -0.25) is 4.79 Å². The van der Waals surface area contributed by atoms with Crippen molar-refractivity contribution in [1.29, 1.82) is 0 Å². The summed E-state index contributed by atoms with van der Waals surface area (Å²) in [6.45, 7) is 0.847. The Morgan fingerprint density at radius 1 is 1.60 bits per heavy atom. The average molecular weight is 265 g/mol. The molecule has 2 N–H and O–H groups in total. The van der Waals surface area contributed by atoms with Gasteiger partial charge in [0.05, 0.1) is 5.75 Å². The van der Waals surface area contributed by atoms with Gasteiger partial charge in [0, 0.05) is 12.3 Å². The highest BCUT2D eigenvalue weighted by atomic mass is 32.2. The van der Waals surface area contributed by atoms with Crippen molar-refractivity contribution in [3.63, 3.8) is 0 Å². The number of aromatic nitrogens is 2. The first-order chi connectivity index (χ1) is 7.22. The van der Waals surface area contributed by atoms with E-state index in [1.54, 1.807) is 11.8 Å². The third kappa shape index (κ3) is 5.24. The molecule has 1 heterocycles. The summed E-state index contributed by atoms with van der Waals surface area (Å²) in [6, 6.07) is 0. The van der Waals surface area contributed by atoms with E-state index in [1.807, 2.05) is 6.26 Å². The fraction of sp³-hybridized carbons (Fsp3) is 0.571. The molecule has 0 aliphatic carbocycles. The van der Waals surface area contributed by atoms with E-state index >= 15 is 0 Å². The van der Waals surface area contributed by atoms with E-state index < -0.39 is 5.97 Å². The Balaban J connectivity index is 2.32. The Morgan fingerprint density at radius 2 is 2.40 bits per heavy atom. The van der Waals surface area contributed by atoms with Gasteiger partial charge < -0.3 is 10.4 Å². The SMILES string of the molecule is CSCCNc1nnc(SCC(=O)O)s1. The normalized spacial score (nSPS) is 10.2. The molecule has 0 aliphatic rings. The van der Waals surface area contributed by atoms with Gasteiger partial charge in [-0.15, -0.1) is 10.2 Å². The van der Waals surface area contributed by atoms with E-state index in [1.165, 1.54) is 23.1 Å². The summed E-state index contributed by atoms with van der Waals surface area (Å²) >= 11 is 4.32. The lowest BCUT2D eigenvalue weighted by Gasteiger charge is -1.97. The van der Waals surface area contributed by atoms with Gasteiger partial charge in [-0.1, -0.05) is 23.1 Å². The molecule has 1 aromatic heterocycles. The molecule has 8 heteroatoms. The van der Waals surface area contributed by atoms with Crippen LogP contribution >= 0.6 is 34.9 Å². The molecular formula is C7H11N3O2S3. The maximum absolute atomic E-state index is 10.3. The molecule has 0 saturated carbocycles. The lowest BCUT2D eigenvalue weighted by atomic mass is 10.7. The summed E-state index contributed by atoms with van der Waals surface area (Å²) < 4.78 is 0.684. The van der Waals surface area contributed by atoms with E-state index in [4.69, 9.17) is 5.11 Å². The third-order valence-corrected chi connectivity index (χ3v) is 3.92. The van der Waals surface area contributed by atoms with E-state index in [2.05, 4.69) is 15.5 Å². The van der Waals surface area contributed by atoms with Gasteiger partial charge in [-0.05, 0) is 6.26 Å². The quantitative estimate of drug-likeness (QED) is 0.571. The van der Waals surface area contributed by atoms with Crippen LogP contribution in [0.25, 0.3) is 0 Å². The number of thioether (sulfide) groups is 2. The number of carbonyl (C=O) groups is 1. The second-order valence-corrected chi connectivity index (χ2v) is 5.66. The van der Waals surface area contributed by atoms with E-state index in [-0.39, 0.29) is 5.75 Å². The van der Waals surface area contributed by atoms with Crippen molar-refractivity contribution in [1.82, 2.24) is 10.2 Å². The molecule has 5 nitrogen and oxygen atoms in total. The van der Waals surface area contributed by atoms with Crippen molar-refractivity contribution in [2.45, 2.75) is 4.34 Å². The second-order valence-electron chi connectivity index (χ2n) is 2.48. The fourth-order valence-corrected chi connectivity index (χ4v) is 2.53. The standard InChI is InChI=1S/C7H11N3O2S3/c1-13-3-2-8-6-9-10-7(15-6)14-4-5(11)12/h2-4H2,1H3,(H,8,9)(H,11,12). The number of nitrogens with zero attached hydrogens (tertiary/aromatic N) is 2. The van der Waals surface area contributed by atoms with Crippen molar-refractivity contribution in [2.24, 2.45) is 0 Å². The minimum absolute atomic E-state index is 0.0272. The second kappa shape index (κ2) is 6.91. The lowest BCUT2D eigenvalue weighted by molar-refractivity contribution is -0.133. The van der Waals surface area contributed by atoms with Gasteiger partial charge in [-0.25, -0.2) is 0 Å². The summed E-state index contributed by atoms with van der Waals surface area (Å²) in [5.74, 6) is 0.198. The molecule has 0 radical (unpaired) electrons. The molecule has 0 amide bonds. The zero-order chi connectivity index (χ0) is 11.1. The highest BCUT2D eigenvalue weighted by molar-refractivity contribution is 8.01. The van der Waals surface area contributed by atoms with Crippen molar-refractivity contribution >= 4 is 46.0 Å². The molecule has 84 valence electrons. The number of hydrogen-bond donors (Lipinski definition) is 2. The van der Waals surface area contributed by atoms with E-state index in [9.17, 15) is 4.79 Å². The molecule has 0 fully saturated rings. The fourth-order valence-electron chi connectivity index (χ4n) is 0.723. The van der Waals surface area contributed by atoms with Crippen LogP contribution < -0.4 is 5.32 Å². The Kier molecular flexibility index (Phi) is 5.81. The van der Waals surface area contributed by atoms with Gasteiger partial charge in [0.2, 0.25) is 5.13 Å². The van der Waals surface area contributed by atoms with Crippen LogP contribution in [-0.4, -0.2) is 45.6 Å². The average Bonchev–Trinajstić information content (AvgIpc) is 2.63. The van der Waals surface area contributed by atoms with Crippen molar-refractivity contribution < 1.29 is 9.90 Å². The van der Waals surface area contributed by atoms with E-state index in [0.717, 1.165) is 17.4 Å². The number of nitrogens with one attached hydrogen (secondary N) is 1. The molecule has 0 atom stereocenters. The Bertz CT molecular complexity index is 318. The van der Waals surface area contributed by atoms with Crippen molar-refractivity contribution in [3.05, 3.63) is 0 Å². The Morgan fingerprint density at radius 3 is 3.07 bits per heavy atom. The molecule has 0 spiro atoms. The number of anilines is 1. The zero-order valence-electron chi connectivity index (χ0n) is 8.10. The Labute approximate surface area is 100 Å². The minimum Gasteiger partial charge on any atom is -0.481 e. The summed E-state index contributed by atoms with van der Waals surface area (Å²) in [7, 11) is 0. The van der Waals surface area contributed by atoms with Crippen molar-refractivity contribution in [2.75, 3.05) is 29.6 Å². The predicted molar refractivity (Wildman–Crippen MR) is 65.1 cm³/mol. The molecule has 0 aliphatic heterocycles.